The predicted octanol–water partition coefficient (Wildman–Crippen LogP) is 4.87. The molecule has 1 aromatic rings. The summed E-state index contributed by atoms with van der Waals surface area (Å²) in [6.45, 7) is 2.21. The lowest BCUT2D eigenvalue weighted by Crippen LogP contribution is -2.58. The Morgan fingerprint density at radius 1 is 1.23 bits per heavy atom. The van der Waals surface area contributed by atoms with Crippen molar-refractivity contribution in [2.75, 3.05) is 13.2 Å². The molecule has 5 nitrogen and oxygen atoms in total. The minimum atomic E-state index is -0.726. The smallest absolute Gasteiger partial charge is 0.312 e. The summed E-state index contributed by atoms with van der Waals surface area (Å²) < 4.78 is 5.47. The van der Waals surface area contributed by atoms with E-state index >= 15 is 0 Å². The van der Waals surface area contributed by atoms with Gasteiger partial charge in [0.1, 0.15) is 0 Å². The minimum absolute atomic E-state index is 0.0619. The molecule has 0 radical (unpaired) electrons. The quantitative estimate of drug-likeness (QED) is 0.534. The van der Waals surface area contributed by atoms with E-state index in [1.165, 1.54) is 0 Å². The SMILES string of the molecule is CCC[C@@H](CNC(=O)COC(=O)C12C[C@H]3C[C@@H](CC(O)(C3)C1)C2)c1ccc(Cl)cc1Cl. The number of carbonyl (C=O) groups excluding carboxylic acids is 2. The molecule has 0 heterocycles. The Labute approximate surface area is 193 Å². The van der Waals surface area contributed by atoms with Crippen LogP contribution in [-0.2, 0) is 14.3 Å². The van der Waals surface area contributed by atoms with Crippen LogP contribution in [0.15, 0.2) is 18.2 Å². The summed E-state index contributed by atoms with van der Waals surface area (Å²) in [4.78, 5) is 25.4. The molecule has 170 valence electrons. The van der Waals surface area contributed by atoms with Crippen molar-refractivity contribution >= 4 is 35.1 Å². The van der Waals surface area contributed by atoms with Crippen molar-refractivity contribution in [2.45, 2.75) is 69.8 Å². The van der Waals surface area contributed by atoms with Gasteiger partial charge in [-0.25, -0.2) is 0 Å². The first kappa shape index (κ1) is 22.9. The molecule has 5 rings (SSSR count). The Morgan fingerprint density at radius 3 is 2.55 bits per heavy atom. The number of hydrogen-bond acceptors (Lipinski definition) is 4. The minimum Gasteiger partial charge on any atom is -0.455 e. The molecule has 2 N–H and O–H groups in total. The molecule has 4 aliphatic rings. The lowest BCUT2D eigenvalue weighted by Gasteiger charge is -2.58. The fourth-order valence-electron chi connectivity index (χ4n) is 6.57. The maximum Gasteiger partial charge on any atom is 0.312 e. The van der Waals surface area contributed by atoms with Gasteiger partial charge in [0.15, 0.2) is 6.61 Å². The van der Waals surface area contributed by atoms with E-state index in [0.717, 1.165) is 50.5 Å². The zero-order valence-corrected chi connectivity index (χ0v) is 19.5. The van der Waals surface area contributed by atoms with Crippen molar-refractivity contribution in [2.24, 2.45) is 17.3 Å². The summed E-state index contributed by atoms with van der Waals surface area (Å²) in [6, 6.07) is 5.41. The summed E-state index contributed by atoms with van der Waals surface area (Å²) >= 11 is 12.4. The van der Waals surface area contributed by atoms with Crippen LogP contribution in [0.25, 0.3) is 0 Å². The van der Waals surface area contributed by atoms with Crippen molar-refractivity contribution in [3.63, 3.8) is 0 Å². The number of benzene rings is 1. The van der Waals surface area contributed by atoms with Gasteiger partial charge in [-0.15, -0.1) is 0 Å². The van der Waals surface area contributed by atoms with Gasteiger partial charge in [0, 0.05) is 22.5 Å². The molecule has 4 fully saturated rings. The summed E-state index contributed by atoms with van der Waals surface area (Å²) in [6.07, 6.45) is 6.54. The van der Waals surface area contributed by atoms with Gasteiger partial charge in [0.25, 0.3) is 5.91 Å². The van der Waals surface area contributed by atoms with Crippen molar-refractivity contribution in [3.8, 4) is 0 Å². The van der Waals surface area contributed by atoms with E-state index < -0.39 is 11.0 Å². The van der Waals surface area contributed by atoms with Crippen molar-refractivity contribution < 1.29 is 19.4 Å². The monoisotopic (exact) mass is 467 g/mol. The molecule has 4 bridgehead atoms. The van der Waals surface area contributed by atoms with Gasteiger partial charge in [-0.05, 0) is 74.5 Å². The number of nitrogens with one attached hydrogen (secondary N) is 1. The highest BCUT2D eigenvalue weighted by molar-refractivity contribution is 6.35. The van der Waals surface area contributed by atoms with E-state index in [2.05, 4.69) is 12.2 Å². The van der Waals surface area contributed by atoms with Crippen LogP contribution >= 0.6 is 23.2 Å². The predicted molar refractivity (Wildman–Crippen MR) is 120 cm³/mol. The van der Waals surface area contributed by atoms with Crippen LogP contribution in [0.2, 0.25) is 10.0 Å². The summed E-state index contributed by atoms with van der Waals surface area (Å²) in [5.74, 6) is 0.217. The fourth-order valence-corrected chi connectivity index (χ4v) is 7.14. The molecule has 7 heteroatoms. The highest BCUT2D eigenvalue weighted by Crippen LogP contribution is 2.61. The number of hydrogen-bond donors (Lipinski definition) is 2. The van der Waals surface area contributed by atoms with Gasteiger partial charge in [0.05, 0.1) is 11.0 Å². The van der Waals surface area contributed by atoms with Crippen molar-refractivity contribution in [1.29, 1.82) is 0 Å². The van der Waals surface area contributed by atoms with Crippen LogP contribution in [0.5, 0.6) is 0 Å². The summed E-state index contributed by atoms with van der Waals surface area (Å²) in [5.41, 5.74) is -0.385. The molecular weight excluding hydrogens is 437 g/mol. The molecule has 0 saturated heterocycles. The molecule has 0 unspecified atom stereocenters. The number of carbonyl (C=O) groups is 2. The molecule has 0 spiro atoms. The van der Waals surface area contributed by atoms with Crippen molar-refractivity contribution in [1.82, 2.24) is 5.32 Å². The molecule has 1 amide bonds. The van der Waals surface area contributed by atoms with E-state index in [1.807, 2.05) is 6.07 Å². The molecule has 0 aromatic heterocycles. The van der Waals surface area contributed by atoms with E-state index in [0.29, 0.717) is 34.8 Å². The first-order valence-corrected chi connectivity index (χ1v) is 12.1. The Morgan fingerprint density at radius 2 is 1.94 bits per heavy atom. The Balaban J connectivity index is 1.31. The highest BCUT2D eigenvalue weighted by atomic mass is 35.5. The maximum absolute atomic E-state index is 12.9. The summed E-state index contributed by atoms with van der Waals surface area (Å²) in [7, 11) is 0. The van der Waals surface area contributed by atoms with Crippen LogP contribution in [0.1, 0.15) is 69.8 Å². The topological polar surface area (TPSA) is 75.6 Å². The second kappa shape index (κ2) is 8.92. The van der Waals surface area contributed by atoms with Gasteiger partial charge in [-0.1, -0.05) is 42.6 Å². The Kier molecular flexibility index (Phi) is 6.58. The van der Waals surface area contributed by atoms with Crippen LogP contribution in [-0.4, -0.2) is 35.7 Å². The van der Waals surface area contributed by atoms with E-state index in [4.69, 9.17) is 27.9 Å². The average molecular weight is 468 g/mol. The second-order valence-corrected chi connectivity index (χ2v) is 10.8. The summed E-state index contributed by atoms with van der Waals surface area (Å²) in [5, 5.41) is 14.9. The van der Waals surface area contributed by atoms with Crippen LogP contribution in [0, 0.1) is 17.3 Å². The third kappa shape index (κ3) is 4.89. The molecule has 0 aliphatic heterocycles. The van der Waals surface area contributed by atoms with E-state index in [-0.39, 0.29) is 24.4 Å². The van der Waals surface area contributed by atoms with Gasteiger partial charge in [-0.3, -0.25) is 9.59 Å². The second-order valence-electron chi connectivity index (χ2n) is 10.00. The fraction of sp³-hybridized carbons (Fsp3) is 0.667. The standard InChI is InChI=1S/C24H31Cl2NO4/c1-2-3-17(19-5-4-18(25)7-20(19)26)12-27-21(28)13-31-22(29)23-8-15-6-16(9-23)11-24(30,10-15)14-23/h4-5,7,15-17,30H,2-3,6,8-14H2,1H3,(H,27,28)/t15-,16-,17+,23?,24?/m1/s1. The number of esters is 1. The lowest BCUT2D eigenvalue weighted by molar-refractivity contribution is -0.196. The number of amides is 1. The zero-order chi connectivity index (χ0) is 22.2. The molecule has 4 saturated carbocycles. The van der Waals surface area contributed by atoms with Crippen LogP contribution in [0.4, 0.5) is 0 Å². The number of aliphatic hydroxyl groups is 1. The molecule has 1 aromatic carbocycles. The van der Waals surface area contributed by atoms with Crippen LogP contribution < -0.4 is 5.32 Å². The third-order valence-corrected chi connectivity index (χ3v) is 7.95. The maximum atomic E-state index is 12.9. The van der Waals surface area contributed by atoms with Crippen LogP contribution in [0.3, 0.4) is 0 Å². The normalized spacial score (nSPS) is 32.0. The number of halogens is 2. The number of rotatable bonds is 8. The third-order valence-electron chi connectivity index (χ3n) is 7.38. The number of ether oxygens (including phenoxy) is 1. The molecule has 4 aliphatic carbocycles. The highest BCUT2D eigenvalue weighted by Gasteiger charge is 2.60. The lowest BCUT2D eigenvalue weighted by atomic mass is 9.48. The van der Waals surface area contributed by atoms with Gasteiger partial charge in [0.2, 0.25) is 0 Å². The van der Waals surface area contributed by atoms with Gasteiger partial charge in [-0.2, -0.15) is 0 Å². The van der Waals surface area contributed by atoms with E-state index in [9.17, 15) is 14.7 Å². The first-order chi connectivity index (χ1) is 14.7. The Hall–Kier alpha value is -1.30. The van der Waals surface area contributed by atoms with Gasteiger partial charge < -0.3 is 15.2 Å². The molecular formula is C24H31Cl2NO4. The zero-order valence-electron chi connectivity index (χ0n) is 18.0. The largest absolute Gasteiger partial charge is 0.455 e. The van der Waals surface area contributed by atoms with E-state index in [1.54, 1.807) is 12.1 Å². The first-order valence-electron chi connectivity index (χ1n) is 11.3. The Bertz CT molecular complexity index is 844. The molecule has 31 heavy (non-hydrogen) atoms. The molecule has 3 atom stereocenters. The van der Waals surface area contributed by atoms with Crippen molar-refractivity contribution in [3.05, 3.63) is 33.8 Å². The average Bonchev–Trinajstić information content (AvgIpc) is 2.67. The van der Waals surface area contributed by atoms with Gasteiger partial charge >= 0.3 is 5.97 Å².